The zero-order valence-corrected chi connectivity index (χ0v) is 22.4. The molecule has 0 saturated carbocycles. The summed E-state index contributed by atoms with van der Waals surface area (Å²) in [6.45, 7) is 0. The Morgan fingerprint density at radius 3 is 0.450 bits per heavy atom. The van der Waals surface area contributed by atoms with Gasteiger partial charge in [0, 0.05) is 0 Å². The third-order valence-electron chi connectivity index (χ3n) is 1.38. The minimum absolute atomic E-state index is 0.431. The zero-order valence-electron chi connectivity index (χ0n) is 9.36. The standard InChI is InChI=1S/2C2H4Cl6Si2/c2*3-9(4,5)1-2-10(6,7)8/h2*1-2H2. The van der Waals surface area contributed by atoms with Crippen LogP contribution >= 0.6 is 133 Å². The SMILES string of the molecule is Cl[Si](Cl)(Cl)CC[Si](Cl)(Cl)Cl.Cl[Si](Cl)(Cl)CC[Si](Cl)(Cl)Cl. The highest BCUT2D eigenvalue weighted by Gasteiger charge is 2.33. The van der Waals surface area contributed by atoms with Gasteiger partial charge in [0.1, 0.15) is 0 Å². The Kier molecular flexibility index (Phi) is 14.8. The van der Waals surface area contributed by atoms with Gasteiger partial charge in [0.15, 0.2) is 0 Å². The Morgan fingerprint density at radius 1 is 0.300 bits per heavy atom. The van der Waals surface area contributed by atoms with Gasteiger partial charge in [-0.05, 0) is 24.2 Å². The Morgan fingerprint density at radius 2 is 0.400 bits per heavy atom. The number of rotatable bonds is 6. The molecule has 16 heteroatoms. The molecule has 0 fully saturated rings. The number of hydrogen-bond donors (Lipinski definition) is 0. The van der Waals surface area contributed by atoms with Crippen molar-refractivity contribution in [2.24, 2.45) is 0 Å². The maximum absolute atomic E-state index is 5.56. The Hall–Kier alpha value is 4.35. The van der Waals surface area contributed by atoms with Crippen LogP contribution in [0.4, 0.5) is 0 Å². The molecule has 0 amide bonds. The highest BCUT2D eigenvalue weighted by atomic mass is 35.9. The molecule has 0 aliphatic carbocycles. The van der Waals surface area contributed by atoms with Gasteiger partial charge in [-0.15, -0.1) is 133 Å². The predicted octanol–water partition coefficient (Wildman–Crippen LogP) is 8.59. The minimum atomic E-state index is -2.57. The fourth-order valence-electron chi connectivity index (χ4n) is 0.567. The van der Waals surface area contributed by atoms with Crippen molar-refractivity contribution >= 4 is 157 Å². The van der Waals surface area contributed by atoms with Gasteiger partial charge in [-0.3, -0.25) is 0 Å². The summed E-state index contributed by atoms with van der Waals surface area (Å²) in [6.07, 6.45) is 0. The summed E-state index contributed by atoms with van der Waals surface area (Å²) in [5.74, 6) is 0. The highest BCUT2D eigenvalue weighted by molar-refractivity contribution is 7.68. The van der Waals surface area contributed by atoms with Crippen molar-refractivity contribution in [1.29, 1.82) is 0 Å². The normalized spacial score (nSPS) is 13.8. The molecule has 0 N–H and O–H groups in total. The van der Waals surface area contributed by atoms with E-state index in [2.05, 4.69) is 0 Å². The molecule has 0 radical (unpaired) electrons. The van der Waals surface area contributed by atoms with Crippen LogP contribution in [0.1, 0.15) is 0 Å². The third-order valence-corrected chi connectivity index (χ3v) is 12.5. The van der Waals surface area contributed by atoms with Crippen molar-refractivity contribution in [2.75, 3.05) is 0 Å². The van der Waals surface area contributed by atoms with Crippen molar-refractivity contribution < 1.29 is 0 Å². The van der Waals surface area contributed by atoms with E-state index in [0.717, 1.165) is 0 Å². The van der Waals surface area contributed by atoms with Crippen LogP contribution in [0.3, 0.4) is 0 Å². The van der Waals surface area contributed by atoms with Crippen LogP contribution in [0.2, 0.25) is 24.2 Å². The second kappa shape index (κ2) is 11.1. The van der Waals surface area contributed by atoms with Crippen molar-refractivity contribution in [3.63, 3.8) is 0 Å². The smallest absolute Gasteiger partial charge is 0.126 e. The van der Waals surface area contributed by atoms with E-state index in [1.165, 1.54) is 0 Å². The first-order valence-corrected chi connectivity index (χ1v) is 25.7. The summed E-state index contributed by atoms with van der Waals surface area (Å²) in [5.41, 5.74) is 0. The Bertz CT molecular complexity index is 203. The Balaban J connectivity index is 0. The fraction of sp³-hybridized carbons (Fsp3) is 1.00. The molecule has 0 aliphatic heterocycles. The lowest BCUT2D eigenvalue weighted by Crippen LogP contribution is -2.16. The van der Waals surface area contributed by atoms with E-state index in [1.54, 1.807) is 0 Å². The molecular formula is C4H8Cl12Si4. The van der Waals surface area contributed by atoms with E-state index in [-0.39, 0.29) is 0 Å². The lowest BCUT2D eigenvalue weighted by Gasteiger charge is -2.10. The van der Waals surface area contributed by atoms with Crippen molar-refractivity contribution in [3.8, 4) is 0 Å². The highest BCUT2D eigenvalue weighted by Crippen LogP contribution is 2.35. The zero-order chi connectivity index (χ0) is 16.8. The van der Waals surface area contributed by atoms with Gasteiger partial charge in [0.25, 0.3) is 0 Å². The summed E-state index contributed by atoms with van der Waals surface area (Å²) in [4.78, 5) is 0. The predicted molar refractivity (Wildman–Crippen MR) is 112 cm³/mol. The quantitative estimate of drug-likeness (QED) is 0.214. The van der Waals surface area contributed by atoms with Crippen LogP contribution in [0, 0.1) is 0 Å². The maximum Gasteiger partial charge on any atom is 0.341 e. The van der Waals surface area contributed by atoms with Crippen LogP contribution in [0.25, 0.3) is 0 Å². The molecule has 0 aromatic carbocycles. The average molecular weight is 594 g/mol. The lowest BCUT2D eigenvalue weighted by molar-refractivity contribution is 1.42. The summed E-state index contributed by atoms with van der Waals surface area (Å²) < 4.78 is 0. The van der Waals surface area contributed by atoms with Gasteiger partial charge in [-0.25, -0.2) is 0 Å². The first-order chi connectivity index (χ1) is 8.41. The Labute approximate surface area is 178 Å². The van der Waals surface area contributed by atoms with Gasteiger partial charge < -0.3 is 0 Å². The van der Waals surface area contributed by atoms with E-state index in [0.29, 0.717) is 24.2 Å². The third kappa shape index (κ3) is 30.3. The maximum atomic E-state index is 5.56. The average Bonchev–Trinajstić information content (AvgIpc) is 2.09. The number of hydrogen-bond acceptors (Lipinski definition) is 0. The van der Waals surface area contributed by atoms with E-state index >= 15 is 0 Å². The van der Waals surface area contributed by atoms with Gasteiger partial charge in [-0.1, -0.05) is 0 Å². The van der Waals surface area contributed by atoms with Crippen molar-refractivity contribution in [3.05, 3.63) is 0 Å². The second-order valence-electron chi connectivity index (χ2n) is 3.46. The van der Waals surface area contributed by atoms with E-state index in [9.17, 15) is 0 Å². The molecule has 0 spiro atoms. The molecular weight excluding hydrogens is 586 g/mol. The largest absolute Gasteiger partial charge is 0.341 e. The molecule has 0 nitrogen and oxygen atoms in total. The topological polar surface area (TPSA) is 0 Å². The molecule has 0 unspecified atom stereocenters. The fourth-order valence-corrected chi connectivity index (χ4v) is 15.3. The van der Waals surface area contributed by atoms with E-state index in [4.69, 9.17) is 133 Å². The molecule has 0 aromatic heterocycles. The molecule has 0 aromatic rings. The van der Waals surface area contributed by atoms with E-state index < -0.39 is 24.0 Å². The van der Waals surface area contributed by atoms with Crippen LogP contribution in [-0.2, 0) is 0 Å². The van der Waals surface area contributed by atoms with Gasteiger partial charge in [-0.2, -0.15) is 0 Å². The second-order valence-corrected chi connectivity index (χ2v) is 40.6. The number of halogens is 12. The van der Waals surface area contributed by atoms with Gasteiger partial charge in [0.05, 0.1) is 0 Å². The van der Waals surface area contributed by atoms with Gasteiger partial charge >= 0.3 is 24.0 Å². The van der Waals surface area contributed by atoms with Crippen LogP contribution < -0.4 is 0 Å². The molecule has 0 heterocycles. The summed E-state index contributed by atoms with van der Waals surface area (Å²) in [6, 6.07) is -8.55. The molecule has 0 rings (SSSR count). The van der Waals surface area contributed by atoms with Crippen molar-refractivity contribution in [2.45, 2.75) is 24.2 Å². The van der Waals surface area contributed by atoms with Crippen LogP contribution in [-0.4, -0.2) is 24.0 Å². The molecule has 0 aliphatic rings. The molecule has 0 saturated heterocycles. The summed E-state index contributed by atoms with van der Waals surface area (Å²) in [7, 11) is 0. The monoisotopic (exact) mass is 588 g/mol. The van der Waals surface area contributed by atoms with E-state index in [1.807, 2.05) is 0 Å². The lowest BCUT2D eigenvalue weighted by atomic mass is 11.0. The minimum Gasteiger partial charge on any atom is -0.126 e. The summed E-state index contributed by atoms with van der Waals surface area (Å²) in [5, 5.41) is 0. The molecule has 20 heavy (non-hydrogen) atoms. The first kappa shape index (κ1) is 26.6. The van der Waals surface area contributed by atoms with Crippen LogP contribution in [0.15, 0.2) is 0 Å². The van der Waals surface area contributed by atoms with Crippen molar-refractivity contribution in [1.82, 2.24) is 0 Å². The van der Waals surface area contributed by atoms with Crippen LogP contribution in [0.5, 0.6) is 0 Å². The molecule has 0 atom stereocenters. The first-order valence-electron chi connectivity index (χ1n) is 4.68. The summed E-state index contributed by atoms with van der Waals surface area (Å²) >= 11 is 66.7. The molecule has 0 bridgehead atoms. The van der Waals surface area contributed by atoms with Gasteiger partial charge in [0.2, 0.25) is 0 Å². The molecule has 124 valence electrons.